The van der Waals surface area contributed by atoms with Crippen molar-refractivity contribution in [3.8, 4) is 11.5 Å². The van der Waals surface area contributed by atoms with Crippen LogP contribution in [0.25, 0.3) is 0 Å². The van der Waals surface area contributed by atoms with E-state index in [9.17, 15) is 0 Å². The first-order valence-electron chi connectivity index (χ1n) is 12.2. The van der Waals surface area contributed by atoms with Crippen LogP contribution in [-0.2, 0) is 21.1 Å². The number of thioether (sulfide) groups is 2. The van der Waals surface area contributed by atoms with Crippen LogP contribution < -0.4 is 5.63 Å². The zero-order chi connectivity index (χ0) is 25.1. The van der Waals surface area contributed by atoms with Crippen LogP contribution in [0.4, 0.5) is 0 Å². The summed E-state index contributed by atoms with van der Waals surface area (Å²) in [4.78, 5) is 2.44. The second kappa shape index (κ2) is 10.9. The molecule has 0 spiro atoms. The summed E-state index contributed by atoms with van der Waals surface area (Å²) in [5.74, 6) is 1.80. The van der Waals surface area contributed by atoms with Crippen molar-refractivity contribution >= 4 is 23.5 Å². The van der Waals surface area contributed by atoms with Gasteiger partial charge in [0.25, 0.3) is 0 Å². The van der Waals surface area contributed by atoms with Crippen LogP contribution in [0.2, 0.25) is 0 Å². The number of benzene rings is 2. The quantitative estimate of drug-likeness (QED) is 0.288. The molecule has 5 heteroatoms. The summed E-state index contributed by atoms with van der Waals surface area (Å²) < 4.78 is 17.1. The van der Waals surface area contributed by atoms with Crippen molar-refractivity contribution in [1.29, 1.82) is 0 Å². The molecule has 0 N–H and O–H groups in total. The summed E-state index contributed by atoms with van der Waals surface area (Å²) in [6, 6.07) is 17.1. The van der Waals surface area contributed by atoms with Crippen molar-refractivity contribution in [3.63, 3.8) is 0 Å². The first-order chi connectivity index (χ1) is 16.5. The fourth-order valence-electron chi connectivity index (χ4n) is 4.11. The number of allylic oxidation sites excluding steroid dienone is 8. The SMILES string of the molecule is CC(C)(C)Sc1cccc([O][Zr]([O]c2cccc(SC(C)(C)C)c2)([C]2=CC=CC2)[C]2=CC=CC2)c1. The van der Waals surface area contributed by atoms with Gasteiger partial charge in [0.2, 0.25) is 0 Å². The van der Waals surface area contributed by atoms with Gasteiger partial charge in [0.05, 0.1) is 0 Å². The monoisotopic (exact) mass is 582 g/mol. The van der Waals surface area contributed by atoms with Crippen molar-refractivity contribution in [1.82, 2.24) is 0 Å². The van der Waals surface area contributed by atoms with E-state index >= 15 is 0 Å². The molecule has 0 aliphatic heterocycles. The predicted octanol–water partition coefficient (Wildman–Crippen LogP) is 9.60. The van der Waals surface area contributed by atoms with Gasteiger partial charge in [-0.3, -0.25) is 0 Å². The molecule has 2 aliphatic rings. The van der Waals surface area contributed by atoms with Crippen LogP contribution in [0.1, 0.15) is 54.4 Å². The second-order valence-electron chi connectivity index (χ2n) is 10.8. The van der Waals surface area contributed by atoms with Crippen LogP contribution in [-0.4, -0.2) is 9.49 Å². The van der Waals surface area contributed by atoms with Crippen LogP contribution >= 0.6 is 23.5 Å². The molecule has 0 unspecified atom stereocenters. The van der Waals surface area contributed by atoms with Gasteiger partial charge in [-0.2, -0.15) is 0 Å². The number of rotatable bonds is 8. The third kappa shape index (κ3) is 7.31. The van der Waals surface area contributed by atoms with Crippen molar-refractivity contribution in [3.05, 3.63) is 91.5 Å². The van der Waals surface area contributed by atoms with Gasteiger partial charge in [0.1, 0.15) is 0 Å². The molecule has 0 atom stereocenters. The van der Waals surface area contributed by atoms with Crippen molar-refractivity contribution in [2.45, 2.75) is 73.7 Å². The average Bonchev–Trinajstić information content (AvgIpc) is 3.46. The molecular weight excluding hydrogens is 548 g/mol. The fraction of sp³-hybridized carbons (Fsp3) is 0.333. The second-order valence-corrected chi connectivity index (χ2v) is 21.8. The van der Waals surface area contributed by atoms with Gasteiger partial charge < -0.3 is 0 Å². The van der Waals surface area contributed by atoms with Crippen molar-refractivity contribution in [2.24, 2.45) is 0 Å². The molecule has 2 nitrogen and oxygen atoms in total. The fourth-order valence-corrected chi connectivity index (χ4v) is 14.3. The predicted molar refractivity (Wildman–Crippen MR) is 149 cm³/mol. The molecule has 4 rings (SSSR count). The zero-order valence-electron chi connectivity index (χ0n) is 21.6. The van der Waals surface area contributed by atoms with Crippen molar-refractivity contribution < 1.29 is 26.8 Å². The van der Waals surface area contributed by atoms with Gasteiger partial charge in [-0.15, -0.1) is 0 Å². The standard InChI is InChI=1S/2C10H14OS.2C5H5.Zr/c2*1-10(2,3)12-9-6-4-5-8(11)7-9;2*1-2-4-5-3-1;/h2*4-7,11H,1-3H3;2*1-3H,4H2;/q;;;;+2/p-2. The van der Waals surface area contributed by atoms with E-state index in [1.807, 2.05) is 23.5 Å². The Bertz CT molecular complexity index is 1090. The Labute approximate surface area is 225 Å². The molecule has 0 heterocycles. The van der Waals surface area contributed by atoms with E-state index < -0.39 is 21.1 Å². The molecular formula is C30H36O2S2Zr. The number of hydrogen-bond donors (Lipinski definition) is 0. The minimum atomic E-state index is -4.01. The van der Waals surface area contributed by atoms with Gasteiger partial charge in [-0.05, 0) is 0 Å². The third-order valence-electron chi connectivity index (χ3n) is 5.37. The van der Waals surface area contributed by atoms with Crippen LogP contribution in [0.3, 0.4) is 0 Å². The normalized spacial score (nSPS) is 15.8. The third-order valence-corrected chi connectivity index (χ3v) is 16.1. The Morgan fingerprint density at radius 1 is 0.657 bits per heavy atom. The first-order valence-corrected chi connectivity index (χ1v) is 18.3. The van der Waals surface area contributed by atoms with Gasteiger partial charge in [-0.1, -0.05) is 0 Å². The molecule has 184 valence electrons. The van der Waals surface area contributed by atoms with E-state index in [4.69, 9.17) is 5.63 Å². The molecule has 0 saturated heterocycles. The van der Waals surface area contributed by atoms with Gasteiger partial charge in [0.15, 0.2) is 0 Å². The topological polar surface area (TPSA) is 18.5 Å². The molecule has 0 amide bonds. The molecule has 2 aliphatic carbocycles. The maximum atomic E-state index is 7.12. The maximum absolute atomic E-state index is 7.12. The molecule has 0 radical (unpaired) electrons. The molecule has 0 saturated carbocycles. The van der Waals surface area contributed by atoms with Crippen LogP contribution in [0, 0.1) is 0 Å². The van der Waals surface area contributed by atoms with E-state index in [2.05, 4.69) is 127 Å². The Balaban J connectivity index is 1.74. The molecule has 35 heavy (non-hydrogen) atoms. The van der Waals surface area contributed by atoms with Gasteiger partial charge in [0, 0.05) is 0 Å². The Kier molecular flexibility index (Phi) is 8.30. The summed E-state index contributed by atoms with van der Waals surface area (Å²) in [6.45, 7) is 13.4. The van der Waals surface area contributed by atoms with E-state index in [1.54, 1.807) is 0 Å². The van der Waals surface area contributed by atoms with E-state index in [0.717, 1.165) is 24.3 Å². The van der Waals surface area contributed by atoms with Gasteiger partial charge >= 0.3 is 227 Å². The van der Waals surface area contributed by atoms with E-state index in [1.165, 1.54) is 16.4 Å². The Morgan fingerprint density at radius 2 is 1.09 bits per heavy atom. The summed E-state index contributed by atoms with van der Waals surface area (Å²) >= 11 is -0.287. The Hall–Kier alpha value is -1.42. The summed E-state index contributed by atoms with van der Waals surface area (Å²) in [5, 5.41) is 0. The van der Waals surface area contributed by atoms with Gasteiger partial charge in [-0.25, -0.2) is 0 Å². The molecule has 0 aromatic heterocycles. The minimum absolute atomic E-state index is 0.135. The summed E-state index contributed by atoms with van der Waals surface area (Å²) in [5.41, 5.74) is 0. The van der Waals surface area contributed by atoms with Crippen LogP contribution in [0.5, 0.6) is 11.5 Å². The van der Waals surface area contributed by atoms with E-state index in [0.29, 0.717) is 0 Å². The van der Waals surface area contributed by atoms with Crippen LogP contribution in [0.15, 0.2) is 101 Å². The Morgan fingerprint density at radius 3 is 1.43 bits per heavy atom. The molecule has 2 aromatic carbocycles. The molecule has 0 fully saturated rings. The molecule has 0 bridgehead atoms. The van der Waals surface area contributed by atoms with Crippen molar-refractivity contribution in [2.75, 3.05) is 0 Å². The number of hydrogen-bond acceptors (Lipinski definition) is 4. The van der Waals surface area contributed by atoms with E-state index in [-0.39, 0.29) is 9.49 Å². The summed E-state index contributed by atoms with van der Waals surface area (Å²) in [7, 11) is 0. The summed E-state index contributed by atoms with van der Waals surface area (Å²) in [6.07, 6.45) is 15.0. The first kappa shape index (κ1) is 26.6. The zero-order valence-corrected chi connectivity index (χ0v) is 25.7. The molecule has 2 aromatic rings. The average molecular weight is 584 g/mol.